The zero-order valence-corrected chi connectivity index (χ0v) is 16.8. The molecule has 7 heteroatoms. The summed E-state index contributed by atoms with van der Waals surface area (Å²) in [5, 5.41) is 14.7. The molecule has 0 atom stereocenters. The predicted octanol–water partition coefficient (Wildman–Crippen LogP) is 3.59. The lowest BCUT2D eigenvalue weighted by atomic mass is 10.1. The van der Waals surface area contributed by atoms with Gasteiger partial charge in [0.2, 0.25) is 5.88 Å². The molecule has 2 N–H and O–H groups in total. The molecule has 2 aromatic heterocycles. The summed E-state index contributed by atoms with van der Waals surface area (Å²) >= 11 is 0. The summed E-state index contributed by atoms with van der Waals surface area (Å²) in [5.74, 6) is -0.133. The molecule has 7 nitrogen and oxygen atoms in total. The highest BCUT2D eigenvalue weighted by atomic mass is 16.3. The van der Waals surface area contributed by atoms with Crippen molar-refractivity contribution >= 4 is 28.6 Å². The standard InChI is InChI=1S/C24H20N4O3/c1-2-25-22(29)16-8-7-9-17(14-16)27-15-20-18-10-3-4-11-19(18)23(30)28(24(20)31)21-12-5-6-13-26-21/h3-15,31H,2H2,1H3,(H,25,29). The molecular weight excluding hydrogens is 392 g/mol. The van der Waals surface area contributed by atoms with Gasteiger partial charge in [0.25, 0.3) is 11.5 Å². The summed E-state index contributed by atoms with van der Waals surface area (Å²) in [5.41, 5.74) is 1.04. The predicted molar refractivity (Wildman–Crippen MR) is 121 cm³/mol. The van der Waals surface area contributed by atoms with Crippen LogP contribution in [0.15, 0.2) is 82.7 Å². The topological polar surface area (TPSA) is 96.6 Å². The summed E-state index contributed by atoms with van der Waals surface area (Å²) in [4.78, 5) is 33.8. The second-order valence-corrected chi connectivity index (χ2v) is 6.78. The summed E-state index contributed by atoms with van der Waals surface area (Å²) in [6.07, 6.45) is 3.05. The lowest BCUT2D eigenvalue weighted by Gasteiger charge is -2.12. The molecule has 0 aliphatic carbocycles. The van der Waals surface area contributed by atoms with Crippen molar-refractivity contribution in [3.63, 3.8) is 0 Å². The van der Waals surface area contributed by atoms with Gasteiger partial charge in [0, 0.05) is 35.3 Å². The molecule has 0 saturated heterocycles. The number of hydrogen-bond donors (Lipinski definition) is 2. The number of carbonyl (C=O) groups excluding carboxylic acids is 1. The molecule has 154 valence electrons. The molecule has 0 aliphatic heterocycles. The van der Waals surface area contributed by atoms with E-state index in [1.54, 1.807) is 72.9 Å². The summed E-state index contributed by atoms with van der Waals surface area (Å²) in [7, 11) is 0. The van der Waals surface area contributed by atoms with E-state index in [2.05, 4.69) is 15.3 Å². The Labute approximate surface area is 178 Å². The van der Waals surface area contributed by atoms with Crippen LogP contribution in [0.3, 0.4) is 0 Å². The maximum absolute atomic E-state index is 13.0. The van der Waals surface area contributed by atoms with Gasteiger partial charge in [-0.1, -0.05) is 30.3 Å². The van der Waals surface area contributed by atoms with Crippen molar-refractivity contribution < 1.29 is 9.90 Å². The van der Waals surface area contributed by atoms with Gasteiger partial charge in [-0.15, -0.1) is 0 Å². The third-order valence-electron chi connectivity index (χ3n) is 4.77. The Hall–Kier alpha value is -4.26. The zero-order valence-electron chi connectivity index (χ0n) is 16.8. The highest BCUT2D eigenvalue weighted by molar-refractivity contribution is 6.02. The Morgan fingerprint density at radius 2 is 1.87 bits per heavy atom. The summed E-state index contributed by atoms with van der Waals surface area (Å²) in [6.45, 7) is 2.38. The number of aromatic nitrogens is 2. The second kappa shape index (κ2) is 8.62. The fraction of sp³-hybridized carbons (Fsp3) is 0.0833. The monoisotopic (exact) mass is 412 g/mol. The molecule has 4 rings (SSSR count). The number of amides is 1. The first-order valence-electron chi connectivity index (χ1n) is 9.80. The number of nitrogens with one attached hydrogen (secondary N) is 1. The fourth-order valence-electron chi connectivity index (χ4n) is 3.32. The summed E-state index contributed by atoms with van der Waals surface area (Å²) in [6, 6.07) is 19.0. The van der Waals surface area contributed by atoms with E-state index < -0.39 is 0 Å². The van der Waals surface area contributed by atoms with Gasteiger partial charge in [0.05, 0.1) is 11.3 Å². The van der Waals surface area contributed by atoms with Crippen LogP contribution in [0.5, 0.6) is 5.88 Å². The van der Waals surface area contributed by atoms with Gasteiger partial charge < -0.3 is 10.4 Å². The van der Waals surface area contributed by atoms with E-state index >= 15 is 0 Å². The minimum Gasteiger partial charge on any atom is -0.494 e. The molecule has 0 radical (unpaired) electrons. The largest absolute Gasteiger partial charge is 0.494 e. The average molecular weight is 412 g/mol. The maximum Gasteiger partial charge on any atom is 0.267 e. The number of aromatic hydroxyl groups is 1. The second-order valence-electron chi connectivity index (χ2n) is 6.78. The minimum atomic E-state index is -0.373. The van der Waals surface area contributed by atoms with Gasteiger partial charge >= 0.3 is 0 Å². The van der Waals surface area contributed by atoms with Crippen molar-refractivity contribution in [3.05, 3.63) is 94.4 Å². The first-order valence-corrected chi connectivity index (χ1v) is 9.80. The van der Waals surface area contributed by atoms with Crippen molar-refractivity contribution in [1.29, 1.82) is 0 Å². The molecule has 31 heavy (non-hydrogen) atoms. The number of hydrogen-bond acceptors (Lipinski definition) is 5. The lowest BCUT2D eigenvalue weighted by Crippen LogP contribution is -2.22. The third-order valence-corrected chi connectivity index (χ3v) is 4.77. The Kier molecular flexibility index (Phi) is 5.57. The van der Waals surface area contributed by atoms with Gasteiger partial charge in [0.1, 0.15) is 5.82 Å². The lowest BCUT2D eigenvalue weighted by molar-refractivity contribution is 0.0956. The molecule has 0 spiro atoms. The number of aliphatic imine (C=N–C) groups is 1. The van der Waals surface area contributed by atoms with Gasteiger partial charge in [0.15, 0.2) is 0 Å². The van der Waals surface area contributed by atoms with Crippen LogP contribution in [0.1, 0.15) is 22.8 Å². The molecule has 0 saturated carbocycles. The molecule has 0 bridgehead atoms. The Bertz CT molecular complexity index is 1340. The number of nitrogens with zero attached hydrogens (tertiary/aromatic N) is 3. The van der Waals surface area contributed by atoms with Crippen LogP contribution in [0.4, 0.5) is 5.69 Å². The first kappa shape index (κ1) is 20.0. The Morgan fingerprint density at radius 3 is 2.61 bits per heavy atom. The zero-order chi connectivity index (χ0) is 21.8. The highest BCUT2D eigenvalue weighted by Crippen LogP contribution is 2.26. The van der Waals surface area contributed by atoms with E-state index in [0.29, 0.717) is 39.9 Å². The van der Waals surface area contributed by atoms with Crippen LogP contribution in [0.2, 0.25) is 0 Å². The molecule has 2 heterocycles. The highest BCUT2D eigenvalue weighted by Gasteiger charge is 2.16. The molecule has 2 aromatic carbocycles. The number of carbonyl (C=O) groups is 1. The van der Waals surface area contributed by atoms with Crippen LogP contribution in [-0.4, -0.2) is 33.3 Å². The van der Waals surface area contributed by atoms with Gasteiger partial charge in [-0.3, -0.25) is 14.6 Å². The SMILES string of the molecule is CCNC(=O)c1cccc(N=Cc2c(O)n(-c3ccccn3)c(=O)c3ccccc23)c1. The maximum atomic E-state index is 13.0. The fourth-order valence-corrected chi connectivity index (χ4v) is 3.32. The summed E-state index contributed by atoms with van der Waals surface area (Å²) < 4.78 is 1.16. The average Bonchev–Trinajstić information content (AvgIpc) is 2.80. The van der Waals surface area contributed by atoms with Crippen LogP contribution in [0.25, 0.3) is 16.6 Å². The normalized spacial score (nSPS) is 11.1. The van der Waals surface area contributed by atoms with Crippen LogP contribution < -0.4 is 10.9 Å². The van der Waals surface area contributed by atoms with Crippen molar-refractivity contribution in [2.45, 2.75) is 6.92 Å². The van der Waals surface area contributed by atoms with Crippen molar-refractivity contribution in [3.8, 4) is 11.7 Å². The van der Waals surface area contributed by atoms with E-state index in [1.165, 1.54) is 6.21 Å². The van der Waals surface area contributed by atoms with Gasteiger partial charge in [-0.2, -0.15) is 0 Å². The minimum absolute atomic E-state index is 0.184. The number of pyridine rings is 2. The van der Waals surface area contributed by atoms with Crippen LogP contribution in [-0.2, 0) is 0 Å². The van der Waals surface area contributed by atoms with E-state index in [-0.39, 0.29) is 17.3 Å². The Morgan fingerprint density at radius 1 is 1.10 bits per heavy atom. The molecular formula is C24H20N4O3. The van der Waals surface area contributed by atoms with E-state index in [4.69, 9.17) is 0 Å². The molecule has 4 aromatic rings. The molecule has 1 amide bonds. The van der Waals surface area contributed by atoms with E-state index in [9.17, 15) is 14.7 Å². The van der Waals surface area contributed by atoms with E-state index in [1.807, 2.05) is 6.92 Å². The Balaban J connectivity index is 1.86. The van der Waals surface area contributed by atoms with Gasteiger partial charge in [-0.05, 0) is 43.3 Å². The van der Waals surface area contributed by atoms with Crippen molar-refractivity contribution in [1.82, 2.24) is 14.9 Å². The smallest absolute Gasteiger partial charge is 0.267 e. The number of rotatable bonds is 5. The van der Waals surface area contributed by atoms with Crippen molar-refractivity contribution in [2.75, 3.05) is 6.54 Å². The molecule has 0 unspecified atom stereocenters. The molecule has 0 aliphatic rings. The molecule has 0 fully saturated rings. The van der Waals surface area contributed by atoms with Crippen LogP contribution >= 0.6 is 0 Å². The van der Waals surface area contributed by atoms with Crippen molar-refractivity contribution in [2.24, 2.45) is 4.99 Å². The third kappa shape index (κ3) is 3.93. The first-order chi connectivity index (χ1) is 15.1. The van der Waals surface area contributed by atoms with Gasteiger partial charge in [-0.25, -0.2) is 9.55 Å². The number of benzene rings is 2. The van der Waals surface area contributed by atoms with Crippen LogP contribution in [0, 0.1) is 0 Å². The quantitative estimate of drug-likeness (QED) is 0.490. The number of fused-ring (bicyclic) bond motifs is 1. The van der Waals surface area contributed by atoms with E-state index in [0.717, 1.165) is 4.57 Å².